The summed E-state index contributed by atoms with van der Waals surface area (Å²) in [4.78, 5) is 32.4. The molecule has 4 aliphatic heterocycles. The lowest BCUT2D eigenvalue weighted by atomic mass is 10.0. The number of halogens is 2. The van der Waals surface area contributed by atoms with Crippen LogP contribution in [0.4, 0.5) is 11.6 Å². The van der Waals surface area contributed by atoms with Gasteiger partial charge in [-0.3, -0.25) is 8.47 Å². The second-order valence-electron chi connectivity index (χ2n) is 15.4. The van der Waals surface area contributed by atoms with Crippen molar-refractivity contribution in [3.63, 3.8) is 0 Å². The number of benzene rings is 8. The third kappa shape index (κ3) is 4.28. The van der Waals surface area contributed by atoms with Crippen LogP contribution in [-0.4, -0.2) is 38.8 Å². The van der Waals surface area contributed by atoms with Crippen molar-refractivity contribution in [1.29, 1.82) is 0 Å². The minimum atomic E-state index is -4.10. The molecule has 14 rings (SSSR count). The van der Waals surface area contributed by atoms with Crippen LogP contribution in [0.3, 0.4) is 0 Å². The maximum Gasteiger partial charge on any atom is 0.483 e. The summed E-state index contributed by atoms with van der Waals surface area (Å²) in [6, 6.07) is 50.5. The van der Waals surface area contributed by atoms with Gasteiger partial charge in [-0.25, -0.2) is 30.0 Å². The van der Waals surface area contributed by atoms with Crippen molar-refractivity contribution in [3.8, 4) is 0 Å². The Kier molecular flexibility index (Phi) is 6.02. The van der Waals surface area contributed by atoms with Crippen LogP contribution < -0.4 is 11.0 Å². The van der Waals surface area contributed by atoms with Crippen LogP contribution in [0.25, 0.3) is 64.6 Å². The highest BCUT2D eigenvalue weighted by molar-refractivity contribution is 7.44. The summed E-state index contributed by atoms with van der Waals surface area (Å²) in [7, 11) is -4.10. The van der Waals surface area contributed by atoms with E-state index in [2.05, 4.69) is 97.1 Å². The van der Waals surface area contributed by atoms with Gasteiger partial charge in [0.25, 0.3) is 0 Å². The molecule has 0 aliphatic carbocycles. The molecule has 0 N–H and O–H groups in total. The van der Waals surface area contributed by atoms with E-state index in [0.717, 1.165) is 86.9 Å². The van der Waals surface area contributed by atoms with E-state index < -0.39 is 7.02 Å². The molecule has 0 unspecified atom stereocenters. The third-order valence-corrected chi connectivity index (χ3v) is 16.1. The van der Waals surface area contributed by atoms with Crippen LogP contribution in [0.1, 0.15) is 22.3 Å². The van der Waals surface area contributed by atoms with E-state index in [1.165, 1.54) is 0 Å². The van der Waals surface area contributed by atoms with Gasteiger partial charge in [0, 0.05) is 43.8 Å². The molecule has 0 radical (unpaired) electrons. The number of nitrogens with zero attached hydrogens (tertiary/aromatic N) is 8. The lowest BCUT2D eigenvalue weighted by molar-refractivity contribution is 0.973. The zero-order valence-electron chi connectivity index (χ0n) is 30.7. The van der Waals surface area contributed by atoms with E-state index in [0.29, 0.717) is 46.0 Å². The van der Waals surface area contributed by atoms with Gasteiger partial charge in [0.05, 0.1) is 0 Å². The van der Waals surface area contributed by atoms with Gasteiger partial charge in [-0.2, -0.15) is 0 Å². The van der Waals surface area contributed by atoms with Crippen molar-refractivity contribution in [1.82, 2.24) is 8.47 Å². The van der Waals surface area contributed by atoms with Crippen LogP contribution in [0.15, 0.2) is 176 Å². The summed E-state index contributed by atoms with van der Waals surface area (Å²) in [5, 5.41) is 11.9. The second kappa shape index (κ2) is 11.1. The zero-order chi connectivity index (χ0) is 38.7. The van der Waals surface area contributed by atoms with Crippen molar-refractivity contribution < 1.29 is 0 Å². The highest BCUT2D eigenvalue weighted by atomic mass is 35.7. The molecule has 0 amide bonds. The van der Waals surface area contributed by atoms with E-state index in [9.17, 15) is 0 Å². The Morgan fingerprint density at radius 2 is 0.610 bits per heavy atom. The predicted molar refractivity (Wildman–Crippen MR) is 243 cm³/mol. The Morgan fingerprint density at radius 3 is 0.949 bits per heavy atom. The summed E-state index contributed by atoms with van der Waals surface area (Å²) in [6.07, 6.45) is 0. The Balaban J connectivity index is 1.25. The molecule has 6 bridgehead atoms. The van der Waals surface area contributed by atoms with Crippen LogP contribution in [0.2, 0.25) is 0 Å². The summed E-state index contributed by atoms with van der Waals surface area (Å²) in [5.41, 5.74) is 4.63. The minimum absolute atomic E-state index is 0.528. The Hall–Kier alpha value is -7.04. The maximum absolute atomic E-state index is 8.21. The van der Waals surface area contributed by atoms with Gasteiger partial charge in [0.1, 0.15) is 22.6 Å². The van der Waals surface area contributed by atoms with E-state index in [-0.39, 0.29) is 0 Å². The molecule has 59 heavy (non-hydrogen) atoms. The van der Waals surface area contributed by atoms with Crippen LogP contribution >= 0.6 is 22.2 Å². The standard InChI is InChI=1S/C48H24Cl2N8Si/c49-59(50)57-45-37-21-29-13-5-6-14-30(29)22-38(37)47(57)55-43-35-19-27-11-3-4-12-28(27)20-36(35)44(52-43)56-48-40-24-32-16-8-7-15-31(32)23-39(40)46(58(48)59)54-42-34-18-26-10-2-1-9-25(26)17-33(34)41(51-42)53-45/h1-24H/b53-41-,53-45?,54-42?,54-46-,55-43-,55-47?,56-44?,56-48-. The average Bonchev–Trinajstić information content (AvgIpc) is 3.95. The first-order valence-electron chi connectivity index (χ1n) is 19.3. The number of aliphatic imine (C=N–C) groups is 4. The molecular formula is C48H24Cl2N8Si. The van der Waals surface area contributed by atoms with Gasteiger partial charge in [-0.15, -0.1) is 0 Å². The quantitative estimate of drug-likeness (QED) is 0.108. The molecule has 0 saturated carbocycles. The van der Waals surface area contributed by atoms with E-state index in [1.54, 1.807) is 0 Å². The molecule has 11 heteroatoms. The molecule has 8 nitrogen and oxygen atoms in total. The van der Waals surface area contributed by atoms with Gasteiger partial charge in [-0.05, 0) is 91.6 Å². The van der Waals surface area contributed by atoms with Gasteiger partial charge >= 0.3 is 7.02 Å². The first kappa shape index (κ1) is 32.0. The molecule has 6 heterocycles. The van der Waals surface area contributed by atoms with Crippen LogP contribution in [0, 0.1) is 0 Å². The number of amidine groups is 4. The topological polar surface area (TPSA) is 84.0 Å². The van der Waals surface area contributed by atoms with Crippen molar-refractivity contribution in [2.24, 2.45) is 30.0 Å². The van der Waals surface area contributed by atoms with Crippen LogP contribution in [0.5, 0.6) is 0 Å². The minimum Gasteiger partial charge on any atom is -0.294 e. The average molecular weight is 812 g/mol. The van der Waals surface area contributed by atoms with E-state index >= 15 is 0 Å². The van der Waals surface area contributed by atoms with Gasteiger partial charge in [-0.1, -0.05) is 119 Å². The molecule has 10 aromatic rings. The summed E-state index contributed by atoms with van der Waals surface area (Å²) in [5.74, 6) is 3.23. The highest BCUT2D eigenvalue weighted by Gasteiger charge is 2.45. The number of rotatable bonds is 0. The largest absolute Gasteiger partial charge is 0.483 e. The van der Waals surface area contributed by atoms with Crippen molar-refractivity contribution in [2.45, 2.75) is 0 Å². The zero-order valence-corrected chi connectivity index (χ0v) is 33.2. The number of fused-ring (bicyclic) bond motifs is 18. The van der Waals surface area contributed by atoms with Crippen molar-refractivity contribution >= 4 is 129 Å². The van der Waals surface area contributed by atoms with E-state index in [1.807, 2.05) is 57.0 Å². The smallest absolute Gasteiger partial charge is 0.294 e. The molecular weight excluding hydrogens is 788 g/mol. The SMILES string of the molecule is Cl[Si]1(Cl)n2c3c4cc5ccccc5cc4c2/N=C2N=C(/N=c4/c5cc6ccccc6cc5/c(n41)=N/C1=NC(=N\3)/c3cc4ccccc4cc31)c1cc3ccccc3cc1\2. The number of hydrogen-bond donors (Lipinski definition) is 0. The molecule has 8 aromatic carbocycles. The van der Waals surface area contributed by atoms with Gasteiger partial charge < -0.3 is 0 Å². The predicted octanol–water partition coefficient (Wildman–Crippen LogP) is 10.5. The second-order valence-corrected chi connectivity index (χ2v) is 21.1. The highest BCUT2D eigenvalue weighted by Crippen LogP contribution is 2.46. The molecule has 0 atom stereocenters. The lowest BCUT2D eigenvalue weighted by Gasteiger charge is -2.24. The summed E-state index contributed by atoms with van der Waals surface area (Å²) in [6.45, 7) is 0. The van der Waals surface area contributed by atoms with E-state index in [4.69, 9.17) is 52.1 Å². The third-order valence-electron chi connectivity index (χ3n) is 12.1. The fourth-order valence-corrected chi connectivity index (χ4v) is 13.2. The van der Waals surface area contributed by atoms with Gasteiger partial charge in [0.15, 0.2) is 23.3 Å². The molecule has 4 aliphatic rings. The number of aromatic nitrogens is 2. The van der Waals surface area contributed by atoms with Gasteiger partial charge in [0.2, 0.25) is 0 Å². The van der Waals surface area contributed by atoms with Crippen LogP contribution in [-0.2, 0) is 0 Å². The monoisotopic (exact) mass is 810 g/mol. The van der Waals surface area contributed by atoms with Crippen molar-refractivity contribution in [2.75, 3.05) is 0 Å². The first-order chi connectivity index (χ1) is 28.9. The fraction of sp³-hybridized carbons (Fsp3) is 0. The molecule has 2 aromatic heterocycles. The lowest BCUT2D eigenvalue weighted by Crippen LogP contribution is -2.51. The molecule has 0 saturated heterocycles. The molecule has 0 spiro atoms. The molecule has 274 valence electrons. The summed E-state index contributed by atoms with van der Waals surface area (Å²) < 4.78 is 3.91. The van der Waals surface area contributed by atoms with Crippen molar-refractivity contribution in [3.05, 3.63) is 179 Å². The Labute approximate surface area is 344 Å². The Bertz CT molecular complexity index is 3700. The first-order valence-corrected chi connectivity index (χ1v) is 23.2. The summed E-state index contributed by atoms with van der Waals surface area (Å²) >= 11 is 16.4. The number of hydrogen-bond acceptors (Lipinski definition) is 6. The Morgan fingerprint density at radius 1 is 0.322 bits per heavy atom. The normalized spacial score (nSPS) is 18.7. The fourth-order valence-electron chi connectivity index (χ4n) is 9.36. The maximum atomic E-state index is 8.21. The molecule has 0 fully saturated rings.